The Hall–Kier alpha value is -0.880. The van der Waals surface area contributed by atoms with Gasteiger partial charge in [0.15, 0.2) is 9.84 Å². The summed E-state index contributed by atoms with van der Waals surface area (Å²) < 4.78 is 25.1. The van der Waals surface area contributed by atoms with E-state index >= 15 is 0 Å². The molecule has 0 spiro atoms. The molecule has 1 N–H and O–H groups in total. The molecule has 0 aromatic heterocycles. The zero-order valence-corrected chi connectivity index (χ0v) is 15.5. The zero-order chi connectivity index (χ0) is 16.6. The van der Waals surface area contributed by atoms with Crippen molar-refractivity contribution in [3.63, 3.8) is 0 Å². The Kier molecular flexibility index (Phi) is 8.10. The molecule has 0 heterocycles. The van der Waals surface area contributed by atoms with E-state index < -0.39 is 9.84 Å². The first kappa shape index (κ1) is 19.2. The van der Waals surface area contributed by atoms with Crippen LogP contribution in [0.15, 0.2) is 33.6 Å². The van der Waals surface area contributed by atoms with Gasteiger partial charge >= 0.3 is 0 Å². The number of unbranched alkanes of at least 4 members (excludes halogenated alkanes) is 2. The quantitative estimate of drug-likeness (QED) is 0.654. The van der Waals surface area contributed by atoms with Gasteiger partial charge in [0.25, 0.3) is 0 Å². The SMILES string of the molecule is CCCCCC(C)NC(=O)CCS(=O)(=O)c1ccc(Br)cc1. The minimum atomic E-state index is -3.41. The number of carbonyl (C=O) groups excluding carboxylic acids is 1. The maximum absolute atomic E-state index is 12.1. The fraction of sp³-hybridized carbons (Fsp3) is 0.562. The number of sulfone groups is 1. The Morgan fingerprint density at radius 2 is 1.86 bits per heavy atom. The summed E-state index contributed by atoms with van der Waals surface area (Å²) in [6.07, 6.45) is 4.30. The molecule has 1 atom stereocenters. The molecule has 0 aliphatic carbocycles. The van der Waals surface area contributed by atoms with Crippen LogP contribution in [0.3, 0.4) is 0 Å². The highest BCUT2D eigenvalue weighted by atomic mass is 79.9. The van der Waals surface area contributed by atoms with E-state index in [1.54, 1.807) is 24.3 Å². The summed E-state index contributed by atoms with van der Waals surface area (Å²) >= 11 is 3.27. The summed E-state index contributed by atoms with van der Waals surface area (Å²) in [6.45, 7) is 4.09. The van der Waals surface area contributed by atoms with E-state index in [2.05, 4.69) is 28.2 Å². The van der Waals surface area contributed by atoms with Crippen molar-refractivity contribution in [1.82, 2.24) is 5.32 Å². The van der Waals surface area contributed by atoms with E-state index in [9.17, 15) is 13.2 Å². The second-order valence-corrected chi connectivity index (χ2v) is 8.51. The molecular weight excluding hydrogens is 366 g/mol. The molecule has 1 unspecified atom stereocenters. The van der Waals surface area contributed by atoms with Crippen LogP contribution in [0.2, 0.25) is 0 Å². The van der Waals surface area contributed by atoms with Crippen LogP contribution in [0.25, 0.3) is 0 Å². The zero-order valence-electron chi connectivity index (χ0n) is 13.1. The van der Waals surface area contributed by atoms with E-state index in [0.29, 0.717) is 0 Å². The Bertz CT molecular complexity index is 570. The Balaban J connectivity index is 2.44. The lowest BCUT2D eigenvalue weighted by molar-refractivity contribution is -0.121. The largest absolute Gasteiger partial charge is 0.354 e. The van der Waals surface area contributed by atoms with Crippen LogP contribution in [-0.2, 0) is 14.6 Å². The van der Waals surface area contributed by atoms with Crippen LogP contribution < -0.4 is 5.32 Å². The van der Waals surface area contributed by atoms with E-state index in [1.165, 1.54) is 0 Å². The summed E-state index contributed by atoms with van der Waals surface area (Å²) in [6, 6.07) is 6.55. The number of rotatable bonds is 9. The predicted octanol–water partition coefficient (Wildman–Crippen LogP) is 3.70. The van der Waals surface area contributed by atoms with E-state index in [-0.39, 0.29) is 29.0 Å². The van der Waals surface area contributed by atoms with Crippen molar-refractivity contribution < 1.29 is 13.2 Å². The minimum absolute atomic E-state index is 0.00346. The fourth-order valence-electron chi connectivity index (χ4n) is 2.11. The van der Waals surface area contributed by atoms with Gasteiger partial charge in [-0.05, 0) is 37.6 Å². The summed E-state index contributed by atoms with van der Waals surface area (Å²) in [5.41, 5.74) is 0. The van der Waals surface area contributed by atoms with Gasteiger partial charge in [-0.1, -0.05) is 42.1 Å². The van der Waals surface area contributed by atoms with Crippen molar-refractivity contribution in [2.24, 2.45) is 0 Å². The van der Waals surface area contributed by atoms with Crippen LogP contribution in [0, 0.1) is 0 Å². The Morgan fingerprint density at radius 3 is 2.45 bits per heavy atom. The lowest BCUT2D eigenvalue weighted by Gasteiger charge is -2.13. The van der Waals surface area contributed by atoms with E-state index in [4.69, 9.17) is 0 Å². The number of hydrogen-bond acceptors (Lipinski definition) is 3. The van der Waals surface area contributed by atoms with Gasteiger partial charge in [-0.3, -0.25) is 4.79 Å². The summed E-state index contributed by atoms with van der Waals surface area (Å²) in [5, 5.41) is 2.86. The first-order chi connectivity index (χ1) is 10.3. The molecule has 0 radical (unpaired) electrons. The second kappa shape index (κ2) is 9.30. The Morgan fingerprint density at radius 1 is 1.23 bits per heavy atom. The molecule has 1 rings (SSSR count). The molecular formula is C16H24BrNO3S. The third-order valence-electron chi connectivity index (χ3n) is 3.42. The monoisotopic (exact) mass is 389 g/mol. The Labute approximate surface area is 141 Å². The van der Waals surface area contributed by atoms with Gasteiger partial charge in [-0.25, -0.2) is 8.42 Å². The fourth-order valence-corrected chi connectivity index (χ4v) is 3.61. The summed E-state index contributed by atoms with van der Waals surface area (Å²) in [7, 11) is -3.41. The van der Waals surface area contributed by atoms with Crippen LogP contribution in [0.1, 0.15) is 46.0 Å². The predicted molar refractivity (Wildman–Crippen MR) is 92.6 cm³/mol. The number of halogens is 1. The first-order valence-corrected chi connectivity index (χ1v) is 10.1. The number of benzene rings is 1. The van der Waals surface area contributed by atoms with Gasteiger partial charge < -0.3 is 5.32 Å². The number of nitrogens with one attached hydrogen (secondary N) is 1. The highest BCUT2D eigenvalue weighted by Crippen LogP contribution is 2.16. The maximum Gasteiger partial charge on any atom is 0.221 e. The molecule has 22 heavy (non-hydrogen) atoms. The molecule has 4 nitrogen and oxygen atoms in total. The van der Waals surface area contributed by atoms with Gasteiger partial charge in [-0.15, -0.1) is 0 Å². The topological polar surface area (TPSA) is 63.2 Å². The number of carbonyl (C=O) groups is 1. The van der Waals surface area contributed by atoms with Crippen molar-refractivity contribution >= 4 is 31.7 Å². The van der Waals surface area contributed by atoms with Crippen LogP contribution in [0.4, 0.5) is 0 Å². The third-order valence-corrected chi connectivity index (χ3v) is 5.68. The van der Waals surface area contributed by atoms with Crippen LogP contribution in [0.5, 0.6) is 0 Å². The maximum atomic E-state index is 12.1. The smallest absolute Gasteiger partial charge is 0.221 e. The van der Waals surface area contributed by atoms with Gasteiger partial charge in [0.2, 0.25) is 5.91 Å². The number of hydrogen-bond donors (Lipinski definition) is 1. The van der Waals surface area contributed by atoms with Gasteiger partial charge in [-0.2, -0.15) is 0 Å². The standard InChI is InChI=1S/C16H24BrNO3S/c1-3-4-5-6-13(2)18-16(19)11-12-22(20,21)15-9-7-14(17)8-10-15/h7-10,13H,3-6,11-12H2,1-2H3,(H,18,19). The number of amides is 1. The average Bonchev–Trinajstić information content (AvgIpc) is 2.46. The molecule has 124 valence electrons. The van der Waals surface area contributed by atoms with Crippen molar-refractivity contribution in [3.05, 3.63) is 28.7 Å². The van der Waals surface area contributed by atoms with Crippen LogP contribution in [-0.4, -0.2) is 26.1 Å². The third kappa shape index (κ3) is 6.92. The lowest BCUT2D eigenvalue weighted by Crippen LogP contribution is -2.33. The molecule has 1 aromatic rings. The molecule has 0 aliphatic heterocycles. The average molecular weight is 390 g/mol. The normalized spacial score (nSPS) is 12.9. The van der Waals surface area contributed by atoms with Crippen molar-refractivity contribution in [3.8, 4) is 0 Å². The van der Waals surface area contributed by atoms with Crippen molar-refractivity contribution in [2.45, 2.75) is 56.9 Å². The van der Waals surface area contributed by atoms with Gasteiger partial charge in [0.1, 0.15) is 0 Å². The molecule has 0 fully saturated rings. The summed E-state index contributed by atoms with van der Waals surface area (Å²) in [4.78, 5) is 12.1. The van der Waals surface area contributed by atoms with Gasteiger partial charge in [0, 0.05) is 16.9 Å². The molecule has 6 heteroatoms. The molecule has 1 aromatic carbocycles. The van der Waals surface area contributed by atoms with Crippen molar-refractivity contribution in [1.29, 1.82) is 0 Å². The lowest BCUT2D eigenvalue weighted by atomic mass is 10.1. The first-order valence-electron chi connectivity index (χ1n) is 7.63. The highest BCUT2D eigenvalue weighted by molar-refractivity contribution is 9.10. The molecule has 0 bridgehead atoms. The van der Waals surface area contributed by atoms with Gasteiger partial charge in [0.05, 0.1) is 10.6 Å². The molecule has 1 amide bonds. The van der Waals surface area contributed by atoms with E-state index in [1.807, 2.05) is 6.92 Å². The molecule has 0 aliphatic rings. The van der Waals surface area contributed by atoms with Crippen LogP contribution >= 0.6 is 15.9 Å². The minimum Gasteiger partial charge on any atom is -0.354 e. The second-order valence-electron chi connectivity index (χ2n) is 5.49. The van der Waals surface area contributed by atoms with E-state index in [0.717, 1.165) is 30.2 Å². The molecule has 0 saturated carbocycles. The highest BCUT2D eigenvalue weighted by Gasteiger charge is 2.17. The van der Waals surface area contributed by atoms with Crippen molar-refractivity contribution in [2.75, 3.05) is 5.75 Å². The summed E-state index contributed by atoms with van der Waals surface area (Å²) in [5.74, 6) is -0.369. The molecule has 0 saturated heterocycles.